The van der Waals surface area contributed by atoms with Gasteiger partial charge in [0.2, 0.25) is 0 Å². The van der Waals surface area contributed by atoms with E-state index in [-0.39, 0.29) is 5.57 Å². The van der Waals surface area contributed by atoms with Crippen LogP contribution in [0, 0.1) is 11.3 Å². The van der Waals surface area contributed by atoms with Gasteiger partial charge in [-0.2, -0.15) is 5.26 Å². The van der Waals surface area contributed by atoms with E-state index in [1.807, 2.05) is 50.4 Å². The fourth-order valence-corrected chi connectivity index (χ4v) is 1.65. The van der Waals surface area contributed by atoms with E-state index in [0.717, 1.165) is 18.4 Å². The molecule has 0 N–H and O–H groups in total. The maximum atomic E-state index is 11.7. The van der Waals surface area contributed by atoms with Gasteiger partial charge >= 0.3 is 5.97 Å². The third kappa shape index (κ3) is 5.57. The number of nitriles is 1. The second kappa shape index (κ2) is 8.76. The monoisotopic (exact) mass is 272 g/mol. The van der Waals surface area contributed by atoms with Crippen LogP contribution < -0.4 is 0 Å². The molecule has 0 atom stereocenters. The lowest BCUT2D eigenvalue weighted by atomic mass is 10.2. The van der Waals surface area contributed by atoms with Crippen molar-refractivity contribution in [2.45, 2.75) is 26.3 Å². The van der Waals surface area contributed by atoms with Crippen molar-refractivity contribution in [2.75, 3.05) is 13.7 Å². The Hall–Kier alpha value is -2.28. The number of carbonyl (C=O) groups excluding carboxylic acids is 1. The van der Waals surface area contributed by atoms with Crippen molar-refractivity contribution in [3.05, 3.63) is 47.7 Å². The van der Waals surface area contributed by atoms with Crippen molar-refractivity contribution in [3.8, 4) is 6.07 Å². The molecule has 1 rings (SSSR count). The lowest BCUT2D eigenvalue weighted by molar-refractivity contribution is -0.138. The molecule has 0 spiro atoms. The maximum absolute atomic E-state index is 11.7. The molecule has 0 saturated heterocycles. The molecule has 106 valence electrons. The third-order valence-electron chi connectivity index (χ3n) is 2.70. The SMILES string of the molecule is CCCCOC(=O)C(C#N)=CN(C)Cc1ccccc1. The van der Waals surface area contributed by atoms with Crippen LogP contribution in [0.5, 0.6) is 0 Å². The highest BCUT2D eigenvalue weighted by Crippen LogP contribution is 2.06. The molecule has 1 aromatic carbocycles. The first-order valence-electron chi connectivity index (χ1n) is 6.70. The van der Waals surface area contributed by atoms with E-state index < -0.39 is 5.97 Å². The lowest BCUT2D eigenvalue weighted by Crippen LogP contribution is -2.15. The summed E-state index contributed by atoms with van der Waals surface area (Å²) in [4.78, 5) is 13.5. The number of carbonyl (C=O) groups is 1. The molecular weight excluding hydrogens is 252 g/mol. The van der Waals surface area contributed by atoms with Gasteiger partial charge in [0.25, 0.3) is 0 Å². The Morgan fingerprint density at radius 2 is 2.10 bits per heavy atom. The standard InChI is InChI=1S/C16H20N2O2/c1-3-4-10-20-16(19)15(11-17)13-18(2)12-14-8-6-5-7-9-14/h5-9,13H,3-4,10,12H2,1-2H3. The predicted molar refractivity (Wildman–Crippen MR) is 77.5 cm³/mol. The van der Waals surface area contributed by atoms with Crippen molar-refractivity contribution in [1.82, 2.24) is 4.90 Å². The highest BCUT2D eigenvalue weighted by atomic mass is 16.5. The predicted octanol–water partition coefficient (Wildman–Crippen LogP) is 2.87. The van der Waals surface area contributed by atoms with Gasteiger partial charge in [-0.1, -0.05) is 43.7 Å². The number of benzene rings is 1. The van der Waals surface area contributed by atoms with E-state index in [9.17, 15) is 4.79 Å². The minimum Gasteiger partial charge on any atom is -0.462 e. The zero-order chi connectivity index (χ0) is 14.8. The van der Waals surface area contributed by atoms with E-state index in [4.69, 9.17) is 10.00 Å². The fraction of sp³-hybridized carbons (Fsp3) is 0.375. The van der Waals surface area contributed by atoms with Crippen molar-refractivity contribution < 1.29 is 9.53 Å². The second-order valence-corrected chi connectivity index (χ2v) is 4.54. The molecule has 0 amide bonds. The fourth-order valence-electron chi connectivity index (χ4n) is 1.65. The number of esters is 1. The normalized spacial score (nSPS) is 10.8. The third-order valence-corrected chi connectivity index (χ3v) is 2.70. The number of hydrogen-bond acceptors (Lipinski definition) is 4. The van der Waals surface area contributed by atoms with E-state index in [2.05, 4.69) is 0 Å². The number of unbranched alkanes of at least 4 members (excludes halogenated alkanes) is 1. The molecule has 0 saturated carbocycles. The van der Waals surface area contributed by atoms with Crippen LogP contribution in [-0.2, 0) is 16.1 Å². The topological polar surface area (TPSA) is 53.3 Å². The summed E-state index contributed by atoms with van der Waals surface area (Å²) in [6.07, 6.45) is 3.29. The lowest BCUT2D eigenvalue weighted by Gasteiger charge is -2.14. The molecule has 4 heteroatoms. The zero-order valence-corrected chi connectivity index (χ0v) is 12.0. The molecule has 0 aliphatic carbocycles. The van der Waals surface area contributed by atoms with Gasteiger partial charge in [0.15, 0.2) is 5.57 Å². The van der Waals surface area contributed by atoms with Crippen LogP contribution in [0.4, 0.5) is 0 Å². The van der Waals surface area contributed by atoms with E-state index in [1.165, 1.54) is 6.20 Å². The number of ether oxygens (including phenoxy) is 1. The van der Waals surface area contributed by atoms with E-state index in [0.29, 0.717) is 13.2 Å². The Bertz CT molecular complexity index is 489. The van der Waals surface area contributed by atoms with Gasteiger partial charge in [-0.05, 0) is 12.0 Å². The summed E-state index contributed by atoms with van der Waals surface area (Å²) in [7, 11) is 1.82. The summed E-state index contributed by atoms with van der Waals surface area (Å²) in [6.45, 7) is 3.01. The molecule has 0 unspecified atom stereocenters. The first kappa shape index (κ1) is 15.8. The molecule has 0 heterocycles. The minimum atomic E-state index is -0.555. The van der Waals surface area contributed by atoms with Gasteiger partial charge in [0.1, 0.15) is 6.07 Å². The average molecular weight is 272 g/mol. The van der Waals surface area contributed by atoms with E-state index in [1.54, 1.807) is 4.90 Å². The van der Waals surface area contributed by atoms with Gasteiger partial charge < -0.3 is 9.64 Å². The van der Waals surface area contributed by atoms with Gasteiger partial charge in [-0.25, -0.2) is 4.79 Å². The van der Waals surface area contributed by atoms with Gasteiger partial charge in [0, 0.05) is 19.8 Å². The van der Waals surface area contributed by atoms with Crippen LogP contribution in [0.25, 0.3) is 0 Å². The largest absolute Gasteiger partial charge is 0.462 e. The molecule has 0 bridgehead atoms. The molecule has 0 aromatic heterocycles. The maximum Gasteiger partial charge on any atom is 0.350 e. The molecule has 0 aliphatic heterocycles. The summed E-state index contributed by atoms with van der Waals surface area (Å²) in [6, 6.07) is 11.7. The van der Waals surface area contributed by atoms with Crippen LogP contribution in [-0.4, -0.2) is 24.5 Å². The summed E-state index contributed by atoms with van der Waals surface area (Å²) >= 11 is 0. The van der Waals surface area contributed by atoms with Crippen LogP contribution in [0.15, 0.2) is 42.1 Å². The van der Waals surface area contributed by atoms with Crippen molar-refractivity contribution in [2.24, 2.45) is 0 Å². The average Bonchev–Trinajstić information content (AvgIpc) is 2.46. The summed E-state index contributed by atoms with van der Waals surface area (Å²) in [5.74, 6) is -0.555. The molecular formula is C16H20N2O2. The van der Waals surface area contributed by atoms with Crippen LogP contribution >= 0.6 is 0 Å². The van der Waals surface area contributed by atoms with Gasteiger partial charge in [0.05, 0.1) is 6.61 Å². The summed E-state index contributed by atoms with van der Waals surface area (Å²) in [5, 5.41) is 9.02. The highest BCUT2D eigenvalue weighted by molar-refractivity contribution is 5.92. The number of hydrogen-bond donors (Lipinski definition) is 0. The Kier molecular flexibility index (Phi) is 6.91. The number of nitrogens with zero attached hydrogens (tertiary/aromatic N) is 2. The smallest absolute Gasteiger partial charge is 0.350 e. The summed E-state index contributed by atoms with van der Waals surface area (Å²) < 4.78 is 5.03. The minimum absolute atomic E-state index is 0.0273. The Labute approximate surface area is 120 Å². The first-order valence-corrected chi connectivity index (χ1v) is 6.70. The van der Waals surface area contributed by atoms with Crippen LogP contribution in [0.1, 0.15) is 25.3 Å². The van der Waals surface area contributed by atoms with Gasteiger partial charge in [-0.3, -0.25) is 0 Å². The molecule has 20 heavy (non-hydrogen) atoms. The van der Waals surface area contributed by atoms with Crippen LogP contribution in [0.3, 0.4) is 0 Å². The zero-order valence-electron chi connectivity index (χ0n) is 12.0. The van der Waals surface area contributed by atoms with Crippen molar-refractivity contribution in [3.63, 3.8) is 0 Å². The quantitative estimate of drug-likeness (QED) is 0.331. The number of rotatable bonds is 7. The Balaban J connectivity index is 2.59. The summed E-state index contributed by atoms with van der Waals surface area (Å²) in [5.41, 5.74) is 1.14. The molecule has 4 nitrogen and oxygen atoms in total. The molecule has 1 aromatic rings. The molecule has 0 aliphatic rings. The first-order chi connectivity index (χ1) is 9.67. The van der Waals surface area contributed by atoms with Gasteiger partial charge in [-0.15, -0.1) is 0 Å². The van der Waals surface area contributed by atoms with E-state index >= 15 is 0 Å². The van der Waals surface area contributed by atoms with Crippen molar-refractivity contribution >= 4 is 5.97 Å². The highest BCUT2D eigenvalue weighted by Gasteiger charge is 2.11. The van der Waals surface area contributed by atoms with Crippen molar-refractivity contribution in [1.29, 1.82) is 5.26 Å². The second-order valence-electron chi connectivity index (χ2n) is 4.54. The molecule has 0 radical (unpaired) electrons. The van der Waals surface area contributed by atoms with Crippen LogP contribution in [0.2, 0.25) is 0 Å². The Morgan fingerprint density at radius 1 is 1.40 bits per heavy atom. The Morgan fingerprint density at radius 3 is 2.70 bits per heavy atom. The molecule has 0 fully saturated rings.